The van der Waals surface area contributed by atoms with Gasteiger partial charge in [0, 0.05) is 18.7 Å². The van der Waals surface area contributed by atoms with Crippen molar-refractivity contribution in [3.8, 4) is 11.5 Å². The molecule has 4 nitrogen and oxygen atoms in total. The molecule has 0 unspecified atom stereocenters. The van der Waals surface area contributed by atoms with Crippen molar-refractivity contribution in [2.45, 2.75) is 19.9 Å². The van der Waals surface area contributed by atoms with E-state index < -0.39 is 0 Å². The number of carbonyl (C=O) groups excluding carboxylic acids is 1. The van der Waals surface area contributed by atoms with Crippen molar-refractivity contribution >= 4 is 5.91 Å². The summed E-state index contributed by atoms with van der Waals surface area (Å²) in [5.41, 5.74) is 1.72. The van der Waals surface area contributed by atoms with E-state index >= 15 is 0 Å². The highest BCUT2D eigenvalue weighted by Crippen LogP contribution is 2.28. The number of ether oxygens (including phenoxy) is 2. The van der Waals surface area contributed by atoms with E-state index in [-0.39, 0.29) is 5.91 Å². The second kappa shape index (κ2) is 8.22. The molecule has 0 radical (unpaired) electrons. The maximum absolute atomic E-state index is 12.8. The highest BCUT2D eigenvalue weighted by atomic mass is 16.5. The molecular weight excluding hydrogens is 290 g/mol. The van der Waals surface area contributed by atoms with Crippen LogP contribution in [0.4, 0.5) is 0 Å². The Bertz CT molecular complexity index is 640. The van der Waals surface area contributed by atoms with Gasteiger partial charge in [-0.3, -0.25) is 4.79 Å². The predicted octanol–water partition coefficient (Wildman–Crippen LogP) is 3.76. The second-order valence-electron chi connectivity index (χ2n) is 5.28. The van der Waals surface area contributed by atoms with Gasteiger partial charge in [0.1, 0.15) is 0 Å². The molecule has 0 N–H and O–H groups in total. The summed E-state index contributed by atoms with van der Waals surface area (Å²) in [6.07, 6.45) is 0.909. The van der Waals surface area contributed by atoms with Crippen molar-refractivity contribution < 1.29 is 14.3 Å². The number of amides is 1. The van der Waals surface area contributed by atoms with Crippen molar-refractivity contribution in [1.82, 2.24) is 4.90 Å². The third-order valence-electron chi connectivity index (χ3n) is 3.63. The first-order chi connectivity index (χ1) is 11.2. The fourth-order valence-electron chi connectivity index (χ4n) is 2.48. The first-order valence-corrected chi connectivity index (χ1v) is 7.74. The minimum atomic E-state index is -0.00310. The summed E-state index contributed by atoms with van der Waals surface area (Å²) in [4.78, 5) is 14.7. The van der Waals surface area contributed by atoms with E-state index in [1.165, 1.54) is 0 Å². The van der Waals surface area contributed by atoms with Crippen molar-refractivity contribution in [3.05, 3.63) is 59.7 Å². The van der Waals surface area contributed by atoms with E-state index in [1.54, 1.807) is 32.4 Å². The van der Waals surface area contributed by atoms with Crippen LogP contribution in [-0.2, 0) is 6.54 Å². The molecule has 23 heavy (non-hydrogen) atoms. The highest BCUT2D eigenvalue weighted by Gasteiger charge is 2.17. The lowest BCUT2D eigenvalue weighted by molar-refractivity contribution is 0.0743. The third-order valence-corrected chi connectivity index (χ3v) is 3.63. The van der Waals surface area contributed by atoms with Crippen LogP contribution in [0.1, 0.15) is 29.3 Å². The average molecular weight is 313 g/mol. The van der Waals surface area contributed by atoms with Gasteiger partial charge in [-0.2, -0.15) is 0 Å². The van der Waals surface area contributed by atoms with Crippen molar-refractivity contribution in [2.75, 3.05) is 20.8 Å². The van der Waals surface area contributed by atoms with E-state index in [0.717, 1.165) is 12.0 Å². The molecule has 4 heteroatoms. The van der Waals surface area contributed by atoms with E-state index in [4.69, 9.17) is 9.47 Å². The molecule has 0 heterocycles. The molecule has 1 amide bonds. The average Bonchev–Trinajstić information content (AvgIpc) is 2.61. The van der Waals surface area contributed by atoms with Crippen LogP contribution in [0.2, 0.25) is 0 Å². The molecule has 0 aliphatic heterocycles. The van der Waals surface area contributed by atoms with Gasteiger partial charge in [0.05, 0.1) is 14.2 Å². The Hall–Kier alpha value is -2.49. The number of hydrogen-bond donors (Lipinski definition) is 0. The molecule has 0 fully saturated rings. The fraction of sp³-hybridized carbons (Fsp3) is 0.316. The Kier molecular flexibility index (Phi) is 6.03. The molecule has 0 saturated carbocycles. The minimum absolute atomic E-state index is 0.00310. The molecule has 0 atom stereocenters. The van der Waals surface area contributed by atoms with Crippen LogP contribution in [0.3, 0.4) is 0 Å². The Morgan fingerprint density at radius 2 is 1.70 bits per heavy atom. The maximum atomic E-state index is 12.8. The van der Waals surface area contributed by atoms with Gasteiger partial charge in [-0.25, -0.2) is 0 Å². The summed E-state index contributed by atoms with van der Waals surface area (Å²) in [6, 6.07) is 15.3. The summed E-state index contributed by atoms with van der Waals surface area (Å²) >= 11 is 0. The predicted molar refractivity (Wildman–Crippen MR) is 91.0 cm³/mol. The maximum Gasteiger partial charge on any atom is 0.254 e. The molecule has 2 rings (SSSR count). The van der Waals surface area contributed by atoms with Crippen LogP contribution in [0.15, 0.2) is 48.5 Å². The lowest BCUT2D eigenvalue weighted by Crippen LogP contribution is -2.31. The zero-order chi connectivity index (χ0) is 16.7. The Morgan fingerprint density at radius 3 is 2.30 bits per heavy atom. The molecule has 0 aliphatic carbocycles. The van der Waals surface area contributed by atoms with E-state index in [1.807, 2.05) is 35.2 Å². The van der Waals surface area contributed by atoms with Gasteiger partial charge in [0.2, 0.25) is 0 Å². The van der Waals surface area contributed by atoms with Gasteiger partial charge in [-0.1, -0.05) is 37.3 Å². The molecule has 0 spiro atoms. The summed E-state index contributed by atoms with van der Waals surface area (Å²) in [7, 11) is 3.15. The minimum Gasteiger partial charge on any atom is -0.493 e. The fourth-order valence-corrected chi connectivity index (χ4v) is 2.48. The summed E-state index contributed by atoms with van der Waals surface area (Å²) in [5, 5.41) is 0. The molecule has 0 aliphatic rings. The van der Waals surface area contributed by atoms with Gasteiger partial charge in [-0.05, 0) is 30.2 Å². The largest absolute Gasteiger partial charge is 0.493 e. The van der Waals surface area contributed by atoms with Crippen LogP contribution in [0.5, 0.6) is 11.5 Å². The van der Waals surface area contributed by atoms with Crippen molar-refractivity contribution in [3.63, 3.8) is 0 Å². The lowest BCUT2D eigenvalue weighted by Gasteiger charge is -2.23. The highest BCUT2D eigenvalue weighted by molar-refractivity contribution is 5.95. The smallest absolute Gasteiger partial charge is 0.254 e. The topological polar surface area (TPSA) is 38.8 Å². The zero-order valence-electron chi connectivity index (χ0n) is 13.9. The lowest BCUT2D eigenvalue weighted by atomic mass is 10.1. The number of rotatable bonds is 7. The third kappa shape index (κ3) is 4.25. The number of nitrogens with zero attached hydrogens (tertiary/aromatic N) is 1. The van der Waals surface area contributed by atoms with Gasteiger partial charge >= 0.3 is 0 Å². The van der Waals surface area contributed by atoms with E-state index in [0.29, 0.717) is 30.2 Å². The van der Waals surface area contributed by atoms with Gasteiger partial charge in [-0.15, -0.1) is 0 Å². The van der Waals surface area contributed by atoms with Gasteiger partial charge in [0.25, 0.3) is 5.91 Å². The summed E-state index contributed by atoms with van der Waals surface area (Å²) in [6.45, 7) is 3.38. The summed E-state index contributed by atoms with van der Waals surface area (Å²) in [5.74, 6) is 1.18. The van der Waals surface area contributed by atoms with Gasteiger partial charge in [0.15, 0.2) is 11.5 Å². The standard InChI is InChI=1S/C19H23NO3/c1-4-12-20(14-15-8-6-5-7-9-15)19(21)16-10-11-17(22-2)18(13-16)23-3/h5-11,13H,4,12,14H2,1-3H3. The van der Waals surface area contributed by atoms with Crippen molar-refractivity contribution in [1.29, 1.82) is 0 Å². The first kappa shape index (κ1) is 16.9. The van der Waals surface area contributed by atoms with E-state index in [2.05, 4.69) is 6.92 Å². The monoisotopic (exact) mass is 313 g/mol. The first-order valence-electron chi connectivity index (χ1n) is 7.74. The molecule has 122 valence electrons. The van der Waals surface area contributed by atoms with Crippen molar-refractivity contribution in [2.24, 2.45) is 0 Å². The van der Waals surface area contributed by atoms with Crippen LogP contribution in [-0.4, -0.2) is 31.6 Å². The quantitative estimate of drug-likeness (QED) is 0.781. The zero-order valence-corrected chi connectivity index (χ0v) is 13.9. The number of carbonyl (C=O) groups is 1. The Balaban J connectivity index is 2.23. The summed E-state index contributed by atoms with van der Waals surface area (Å²) < 4.78 is 10.5. The molecule has 0 bridgehead atoms. The van der Waals surface area contributed by atoms with E-state index in [9.17, 15) is 4.79 Å². The number of hydrogen-bond acceptors (Lipinski definition) is 3. The van der Waals surface area contributed by atoms with Crippen LogP contribution in [0, 0.1) is 0 Å². The molecule has 0 aromatic heterocycles. The molecule has 2 aromatic rings. The Labute approximate surface area is 137 Å². The Morgan fingerprint density at radius 1 is 1.00 bits per heavy atom. The SMILES string of the molecule is CCCN(Cc1ccccc1)C(=O)c1ccc(OC)c(OC)c1. The second-order valence-corrected chi connectivity index (χ2v) is 5.28. The molecule has 0 saturated heterocycles. The normalized spacial score (nSPS) is 10.2. The number of methoxy groups -OCH3 is 2. The van der Waals surface area contributed by atoms with Crippen LogP contribution < -0.4 is 9.47 Å². The van der Waals surface area contributed by atoms with Crippen LogP contribution >= 0.6 is 0 Å². The molecule has 2 aromatic carbocycles. The van der Waals surface area contributed by atoms with Crippen LogP contribution in [0.25, 0.3) is 0 Å². The van der Waals surface area contributed by atoms with Gasteiger partial charge < -0.3 is 14.4 Å². The molecular formula is C19H23NO3. The number of benzene rings is 2.